The summed E-state index contributed by atoms with van der Waals surface area (Å²) < 4.78 is 1.88. The molecule has 6 heteroatoms. The Labute approximate surface area is 112 Å². The minimum atomic E-state index is 0.612. The predicted molar refractivity (Wildman–Crippen MR) is 69.1 cm³/mol. The molecule has 0 unspecified atom stereocenters. The second-order valence-corrected chi connectivity index (χ2v) is 4.66. The Kier molecular flexibility index (Phi) is 3.52. The molecule has 0 atom stereocenters. The minimum Gasteiger partial charge on any atom is -0.313 e. The summed E-state index contributed by atoms with van der Waals surface area (Å²) in [5, 5.41) is 10.0. The van der Waals surface area contributed by atoms with E-state index >= 15 is 0 Å². The molecule has 0 bridgehead atoms. The molecule has 3 nitrogen and oxygen atoms in total. The number of nitrogens with zero attached hydrogens (tertiary/aromatic N) is 3. The molecule has 0 N–H and O–H groups in total. The zero-order valence-corrected chi connectivity index (χ0v) is 11.5. The summed E-state index contributed by atoms with van der Waals surface area (Å²) in [6.45, 7) is 0. The zero-order chi connectivity index (χ0) is 11.7. The summed E-state index contributed by atoms with van der Waals surface area (Å²) >= 11 is 15.4. The van der Waals surface area contributed by atoms with Gasteiger partial charge in [-0.25, -0.2) is 0 Å². The number of hydrogen-bond donors (Lipinski definition) is 0. The molecule has 2 rings (SSSR count). The van der Waals surface area contributed by atoms with E-state index in [2.05, 4.69) is 26.1 Å². The second-order valence-electron chi connectivity index (χ2n) is 3.26. The fourth-order valence-corrected chi connectivity index (χ4v) is 2.24. The van der Waals surface area contributed by atoms with Crippen LogP contribution in [-0.4, -0.2) is 14.8 Å². The molecule has 1 aromatic heterocycles. The van der Waals surface area contributed by atoms with Crippen LogP contribution in [0.15, 0.2) is 18.2 Å². The molecule has 0 saturated heterocycles. The molecule has 0 fully saturated rings. The van der Waals surface area contributed by atoms with Crippen LogP contribution in [0, 0.1) is 0 Å². The highest BCUT2D eigenvalue weighted by Crippen LogP contribution is 2.29. The molecule has 16 heavy (non-hydrogen) atoms. The van der Waals surface area contributed by atoms with Crippen LogP contribution >= 0.6 is 39.1 Å². The van der Waals surface area contributed by atoms with Crippen LogP contribution in [0.3, 0.4) is 0 Å². The molecule has 1 heterocycles. The van der Waals surface area contributed by atoms with Crippen molar-refractivity contribution in [2.24, 2.45) is 7.05 Å². The molecule has 0 spiro atoms. The number of aromatic nitrogens is 3. The van der Waals surface area contributed by atoms with E-state index in [0.717, 1.165) is 11.4 Å². The van der Waals surface area contributed by atoms with Crippen molar-refractivity contribution in [1.29, 1.82) is 0 Å². The topological polar surface area (TPSA) is 30.7 Å². The Morgan fingerprint density at radius 1 is 1.31 bits per heavy atom. The number of alkyl halides is 1. The van der Waals surface area contributed by atoms with Gasteiger partial charge in [-0.15, -0.1) is 10.2 Å². The number of hydrogen-bond acceptors (Lipinski definition) is 2. The highest BCUT2D eigenvalue weighted by Gasteiger charge is 2.13. The number of benzene rings is 1. The average molecular weight is 321 g/mol. The van der Waals surface area contributed by atoms with Crippen molar-refractivity contribution < 1.29 is 0 Å². The summed E-state index contributed by atoms with van der Waals surface area (Å²) in [7, 11) is 1.89. The Bertz CT molecular complexity index is 525. The van der Waals surface area contributed by atoms with E-state index in [1.807, 2.05) is 11.6 Å². The summed E-state index contributed by atoms with van der Waals surface area (Å²) in [6, 6.07) is 5.28. The SMILES string of the molecule is Cn1c(CBr)nnc1-c1cc(Cl)ccc1Cl. The van der Waals surface area contributed by atoms with Gasteiger partial charge in [0.05, 0.1) is 10.4 Å². The Morgan fingerprint density at radius 3 is 2.69 bits per heavy atom. The lowest BCUT2D eigenvalue weighted by Crippen LogP contribution is -1.97. The van der Waals surface area contributed by atoms with Gasteiger partial charge in [0.2, 0.25) is 0 Å². The second kappa shape index (κ2) is 4.73. The molecule has 1 aromatic carbocycles. The molecule has 0 radical (unpaired) electrons. The third-order valence-electron chi connectivity index (χ3n) is 2.25. The molecule has 84 valence electrons. The summed E-state index contributed by atoms with van der Waals surface area (Å²) in [4.78, 5) is 0. The fourth-order valence-electron chi connectivity index (χ4n) is 1.38. The molecular formula is C10H8BrCl2N3. The standard InChI is InChI=1S/C10H8BrCl2N3/c1-16-9(5-11)14-15-10(16)7-4-6(12)2-3-8(7)13/h2-4H,5H2,1H3. The van der Waals surface area contributed by atoms with Crippen LogP contribution in [-0.2, 0) is 12.4 Å². The van der Waals surface area contributed by atoms with Crippen LogP contribution in [0.1, 0.15) is 5.82 Å². The lowest BCUT2D eigenvalue weighted by Gasteiger charge is -2.04. The average Bonchev–Trinajstić information content (AvgIpc) is 2.63. The van der Waals surface area contributed by atoms with Gasteiger partial charge in [0.15, 0.2) is 5.82 Å². The summed E-state index contributed by atoms with van der Waals surface area (Å²) in [5.74, 6) is 1.55. The van der Waals surface area contributed by atoms with Gasteiger partial charge in [0, 0.05) is 17.6 Å². The van der Waals surface area contributed by atoms with Crippen molar-refractivity contribution >= 4 is 39.1 Å². The Hall–Kier alpha value is -0.580. The first kappa shape index (κ1) is 11.9. The van der Waals surface area contributed by atoms with Crippen molar-refractivity contribution in [2.45, 2.75) is 5.33 Å². The third-order valence-corrected chi connectivity index (χ3v) is 3.32. The monoisotopic (exact) mass is 319 g/mol. The highest BCUT2D eigenvalue weighted by molar-refractivity contribution is 9.08. The first-order valence-corrected chi connectivity index (χ1v) is 6.41. The van der Waals surface area contributed by atoms with Crippen molar-refractivity contribution in [3.63, 3.8) is 0 Å². The van der Waals surface area contributed by atoms with Crippen LogP contribution < -0.4 is 0 Å². The quantitative estimate of drug-likeness (QED) is 0.790. The Balaban J connectivity index is 2.58. The normalized spacial score (nSPS) is 10.8. The van der Waals surface area contributed by atoms with E-state index < -0.39 is 0 Å². The van der Waals surface area contributed by atoms with Crippen LogP contribution in [0.25, 0.3) is 11.4 Å². The Morgan fingerprint density at radius 2 is 2.06 bits per heavy atom. The van der Waals surface area contributed by atoms with Gasteiger partial charge in [-0.1, -0.05) is 39.1 Å². The van der Waals surface area contributed by atoms with Crippen molar-refractivity contribution in [3.8, 4) is 11.4 Å². The molecule has 0 aliphatic carbocycles. The molecule has 0 amide bonds. The van der Waals surface area contributed by atoms with Crippen LogP contribution in [0.5, 0.6) is 0 Å². The maximum Gasteiger partial charge on any atom is 0.165 e. The fraction of sp³-hybridized carbons (Fsp3) is 0.200. The third kappa shape index (κ3) is 2.10. The lowest BCUT2D eigenvalue weighted by atomic mass is 10.2. The van der Waals surface area contributed by atoms with Gasteiger partial charge < -0.3 is 4.57 Å². The maximum atomic E-state index is 6.10. The molecule has 0 aliphatic rings. The van der Waals surface area contributed by atoms with Gasteiger partial charge in [-0.2, -0.15) is 0 Å². The smallest absolute Gasteiger partial charge is 0.165 e. The van der Waals surface area contributed by atoms with E-state index in [0.29, 0.717) is 21.2 Å². The van der Waals surface area contributed by atoms with E-state index in [1.165, 1.54) is 0 Å². The van der Waals surface area contributed by atoms with E-state index in [-0.39, 0.29) is 0 Å². The van der Waals surface area contributed by atoms with Crippen LogP contribution in [0.4, 0.5) is 0 Å². The minimum absolute atomic E-state index is 0.612. The van der Waals surface area contributed by atoms with Gasteiger partial charge in [-0.05, 0) is 18.2 Å². The predicted octanol–water partition coefficient (Wildman–Crippen LogP) is 3.68. The molecule has 2 aromatic rings. The van der Waals surface area contributed by atoms with Gasteiger partial charge in [0.25, 0.3) is 0 Å². The van der Waals surface area contributed by atoms with Gasteiger partial charge >= 0.3 is 0 Å². The zero-order valence-electron chi connectivity index (χ0n) is 8.41. The summed E-state index contributed by atoms with van der Waals surface area (Å²) in [6.07, 6.45) is 0. The van der Waals surface area contributed by atoms with E-state index in [4.69, 9.17) is 23.2 Å². The van der Waals surface area contributed by atoms with Gasteiger partial charge in [0.1, 0.15) is 5.82 Å². The van der Waals surface area contributed by atoms with E-state index in [1.54, 1.807) is 18.2 Å². The number of rotatable bonds is 2. The van der Waals surface area contributed by atoms with Crippen molar-refractivity contribution in [1.82, 2.24) is 14.8 Å². The summed E-state index contributed by atoms with van der Waals surface area (Å²) in [5.41, 5.74) is 0.788. The first-order valence-electron chi connectivity index (χ1n) is 4.53. The van der Waals surface area contributed by atoms with Crippen LogP contribution in [0.2, 0.25) is 10.0 Å². The molecule has 0 saturated carbocycles. The van der Waals surface area contributed by atoms with Crippen molar-refractivity contribution in [2.75, 3.05) is 0 Å². The molecular weight excluding hydrogens is 313 g/mol. The molecule has 0 aliphatic heterocycles. The lowest BCUT2D eigenvalue weighted by molar-refractivity contribution is 0.859. The highest BCUT2D eigenvalue weighted by atomic mass is 79.9. The largest absolute Gasteiger partial charge is 0.313 e. The van der Waals surface area contributed by atoms with Crippen molar-refractivity contribution in [3.05, 3.63) is 34.1 Å². The van der Waals surface area contributed by atoms with E-state index in [9.17, 15) is 0 Å². The van der Waals surface area contributed by atoms with Gasteiger partial charge in [-0.3, -0.25) is 0 Å². The first-order chi connectivity index (χ1) is 7.63. The number of halogens is 3. The maximum absolute atomic E-state index is 6.10.